The fourth-order valence-corrected chi connectivity index (χ4v) is 2.61. The number of carbonyl (C=O) groups excluding carboxylic acids is 1. The van der Waals surface area contributed by atoms with E-state index in [0.29, 0.717) is 17.4 Å². The van der Waals surface area contributed by atoms with E-state index in [1.54, 1.807) is 6.07 Å². The fraction of sp³-hybridized carbons (Fsp3) is 0.231. The Labute approximate surface area is 150 Å². The van der Waals surface area contributed by atoms with Gasteiger partial charge in [-0.1, -0.05) is 12.1 Å². The molecule has 0 saturated heterocycles. The number of aliphatic imine (C=N–C) groups is 1. The van der Waals surface area contributed by atoms with E-state index >= 15 is 0 Å². The van der Waals surface area contributed by atoms with Crippen LogP contribution < -0.4 is 21.3 Å². The van der Waals surface area contributed by atoms with Crippen LogP contribution in [0.25, 0.3) is 6.08 Å². The summed E-state index contributed by atoms with van der Waals surface area (Å²) in [6, 6.07) is 4.45. The highest BCUT2D eigenvalue weighted by atomic mass is 32.2. The van der Waals surface area contributed by atoms with Gasteiger partial charge in [-0.15, -0.1) is 0 Å². The molecule has 0 unspecified atom stereocenters. The van der Waals surface area contributed by atoms with Crippen molar-refractivity contribution in [3.8, 4) is 5.75 Å². The molecule has 1 aromatic carbocycles. The van der Waals surface area contributed by atoms with Gasteiger partial charge in [0.25, 0.3) is 16.0 Å². The van der Waals surface area contributed by atoms with Crippen LogP contribution in [0.1, 0.15) is 12.0 Å². The molecule has 0 aliphatic carbocycles. The van der Waals surface area contributed by atoms with Gasteiger partial charge in [-0.05, 0) is 12.1 Å². The molecule has 0 spiro atoms. The van der Waals surface area contributed by atoms with Crippen LogP contribution in [0.3, 0.4) is 0 Å². The second-order valence-corrected chi connectivity index (χ2v) is 8.06. The third-order valence-electron chi connectivity index (χ3n) is 2.77. The number of nitrogens with two attached hydrogens (primary N) is 3. The lowest BCUT2D eigenvalue weighted by molar-refractivity contribution is -0.114. The summed E-state index contributed by atoms with van der Waals surface area (Å²) in [5, 5.41) is 5.14. The highest BCUT2D eigenvalue weighted by Crippen LogP contribution is 2.32. The number of benzene rings is 1. The lowest BCUT2D eigenvalue weighted by atomic mass is 10.1. The van der Waals surface area contributed by atoms with E-state index in [1.165, 1.54) is 18.2 Å². The van der Waals surface area contributed by atoms with Crippen molar-refractivity contribution in [2.24, 2.45) is 21.6 Å². The first-order valence-electron chi connectivity index (χ1n) is 6.84. The van der Waals surface area contributed by atoms with Crippen molar-refractivity contribution in [1.82, 2.24) is 0 Å². The Hall–Kier alpha value is -2.48. The number of ether oxygens (including phenoxy) is 1. The van der Waals surface area contributed by atoms with Crippen LogP contribution in [0, 0.1) is 0 Å². The van der Waals surface area contributed by atoms with Gasteiger partial charge < -0.3 is 16.2 Å². The number of hydrogen-bond acceptors (Lipinski definition) is 6. The predicted molar refractivity (Wildman–Crippen MR) is 94.2 cm³/mol. The number of para-hydroxylation sites is 1. The standard InChI is InChI=1S/C12H14N4O4S.CH4O3S/c13-12(14)16-11(17)8-4-5-20-10-7(6-8)2-1-3-9(10)21(15,18)19;1-5(2,3)4/h1-3,6H,4-5H2,(H2,15,18,19)(H4,13,14,16,17);1H3,(H,2,3,4). The Morgan fingerprint density at radius 1 is 1.23 bits per heavy atom. The minimum atomic E-state index is -3.92. The molecule has 0 atom stereocenters. The summed E-state index contributed by atoms with van der Waals surface area (Å²) in [7, 11) is -7.59. The third-order valence-corrected chi connectivity index (χ3v) is 3.70. The van der Waals surface area contributed by atoms with Crippen molar-refractivity contribution in [2.45, 2.75) is 11.3 Å². The maximum Gasteiger partial charge on any atom is 0.276 e. The first-order valence-corrected chi connectivity index (χ1v) is 10.2. The lowest BCUT2D eigenvalue weighted by Crippen LogP contribution is -2.24. The van der Waals surface area contributed by atoms with Crippen molar-refractivity contribution in [2.75, 3.05) is 12.9 Å². The molecule has 0 fully saturated rings. The van der Waals surface area contributed by atoms with E-state index in [-0.39, 0.29) is 29.6 Å². The van der Waals surface area contributed by atoms with Gasteiger partial charge in [0, 0.05) is 17.6 Å². The first kappa shape index (κ1) is 21.6. The molecule has 1 aromatic rings. The topological polar surface area (TPSA) is 205 Å². The van der Waals surface area contributed by atoms with E-state index in [4.69, 9.17) is 25.9 Å². The van der Waals surface area contributed by atoms with Gasteiger partial charge in [0.2, 0.25) is 10.0 Å². The largest absolute Gasteiger partial charge is 0.491 e. The first-order chi connectivity index (χ1) is 11.8. The molecule has 26 heavy (non-hydrogen) atoms. The minimum absolute atomic E-state index is 0.108. The normalized spacial score (nSPS) is 13.7. The number of rotatable bonds is 2. The summed E-state index contributed by atoms with van der Waals surface area (Å²) < 4.78 is 54.4. The smallest absolute Gasteiger partial charge is 0.276 e. The van der Waals surface area contributed by atoms with Crippen LogP contribution in [-0.2, 0) is 24.9 Å². The maximum absolute atomic E-state index is 11.8. The molecule has 13 heteroatoms. The second-order valence-electron chi connectivity index (χ2n) is 5.06. The Kier molecular flexibility index (Phi) is 6.86. The van der Waals surface area contributed by atoms with Crippen LogP contribution in [0.2, 0.25) is 0 Å². The number of amides is 1. The molecule has 1 aliphatic heterocycles. The number of nitrogens with zero attached hydrogens (tertiary/aromatic N) is 1. The van der Waals surface area contributed by atoms with E-state index in [1.807, 2.05) is 0 Å². The zero-order chi connectivity index (χ0) is 20.1. The number of sulfonamides is 1. The molecular formula is C13H18N4O7S2. The Bertz CT molecular complexity index is 954. The predicted octanol–water partition coefficient (Wildman–Crippen LogP) is -1.20. The monoisotopic (exact) mass is 406 g/mol. The van der Waals surface area contributed by atoms with Crippen LogP contribution in [-0.4, -0.2) is 46.1 Å². The second kappa shape index (κ2) is 8.27. The number of carbonyl (C=O) groups is 1. The highest BCUT2D eigenvalue weighted by Gasteiger charge is 2.21. The molecule has 0 aromatic heterocycles. The Morgan fingerprint density at radius 2 is 1.81 bits per heavy atom. The molecule has 7 N–H and O–H groups in total. The molecule has 1 heterocycles. The van der Waals surface area contributed by atoms with Crippen LogP contribution in [0.4, 0.5) is 0 Å². The van der Waals surface area contributed by atoms with Gasteiger partial charge in [-0.25, -0.2) is 13.6 Å². The summed E-state index contributed by atoms with van der Waals surface area (Å²) >= 11 is 0. The molecule has 0 radical (unpaired) electrons. The van der Waals surface area contributed by atoms with Crippen molar-refractivity contribution in [3.05, 3.63) is 29.3 Å². The zero-order valence-electron chi connectivity index (χ0n) is 13.6. The third kappa shape index (κ3) is 7.18. The van der Waals surface area contributed by atoms with Gasteiger partial charge in [0.1, 0.15) is 10.6 Å². The van der Waals surface area contributed by atoms with Gasteiger partial charge in [-0.2, -0.15) is 13.4 Å². The van der Waals surface area contributed by atoms with E-state index in [2.05, 4.69) is 4.99 Å². The molecule has 11 nitrogen and oxygen atoms in total. The summed E-state index contributed by atoms with van der Waals surface area (Å²) in [6.07, 6.45) is 2.45. The van der Waals surface area contributed by atoms with Gasteiger partial charge in [-0.3, -0.25) is 9.35 Å². The number of primary sulfonamides is 1. The average Bonchev–Trinajstić information content (AvgIpc) is 2.65. The summed E-state index contributed by atoms with van der Waals surface area (Å²) in [6.45, 7) is 0.108. The molecule has 2 rings (SSSR count). The number of hydrogen-bond donors (Lipinski definition) is 4. The molecule has 0 saturated carbocycles. The van der Waals surface area contributed by atoms with Crippen LogP contribution >= 0.6 is 0 Å². The van der Waals surface area contributed by atoms with E-state index in [0.717, 1.165) is 0 Å². The Balaban J connectivity index is 0.000000597. The molecule has 144 valence electrons. The van der Waals surface area contributed by atoms with Gasteiger partial charge in [0.05, 0.1) is 12.9 Å². The summed E-state index contributed by atoms with van der Waals surface area (Å²) in [4.78, 5) is 15.2. The average molecular weight is 406 g/mol. The minimum Gasteiger partial charge on any atom is -0.491 e. The maximum atomic E-state index is 11.8. The highest BCUT2D eigenvalue weighted by molar-refractivity contribution is 7.89. The molecule has 1 aliphatic rings. The van der Waals surface area contributed by atoms with Gasteiger partial charge in [0.15, 0.2) is 5.96 Å². The van der Waals surface area contributed by atoms with Crippen molar-refractivity contribution >= 4 is 38.1 Å². The summed E-state index contributed by atoms with van der Waals surface area (Å²) in [5.41, 5.74) is 11.1. The van der Waals surface area contributed by atoms with Crippen molar-refractivity contribution in [3.63, 3.8) is 0 Å². The molecule has 1 amide bonds. The number of guanidine groups is 1. The lowest BCUT2D eigenvalue weighted by Gasteiger charge is -2.10. The van der Waals surface area contributed by atoms with Crippen molar-refractivity contribution in [1.29, 1.82) is 0 Å². The SMILES string of the molecule is CS(=O)(=O)O.NC(N)=NC(=O)C1=Cc2cccc(S(N)(=O)=O)c2OCC1. The zero-order valence-corrected chi connectivity index (χ0v) is 15.2. The molecular weight excluding hydrogens is 388 g/mol. The fourth-order valence-electron chi connectivity index (χ4n) is 1.91. The summed E-state index contributed by atoms with van der Waals surface area (Å²) in [5.74, 6) is -0.815. The Morgan fingerprint density at radius 3 is 2.31 bits per heavy atom. The number of fused-ring (bicyclic) bond motifs is 1. The quantitative estimate of drug-likeness (QED) is 0.264. The molecule has 0 bridgehead atoms. The van der Waals surface area contributed by atoms with E-state index in [9.17, 15) is 21.6 Å². The van der Waals surface area contributed by atoms with Crippen LogP contribution in [0.15, 0.2) is 33.7 Å². The van der Waals surface area contributed by atoms with E-state index < -0.39 is 26.0 Å². The van der Waals surface area contributed by atoms with Gasteiger partial charge >= 0.3 is 0 Å². The van der Waals surface area contributed by atoms with Crippen LogP contribution in [0.5, 0.6) is 5.75 Å². The van der Waals surface area contributed by atoms with Crippen molar-refractivity contribution < 1.29 is 30.9 Å².